The molecule has 1 aliphatic heterocycles. The minimum absolute atomic E-state index is 0.336. The number of rotatable bonds is 2. The van der Waals surface area contributed by atoms with Crippen LogP contribution in [0.4, 0.5) is 0 Å². The maximum Gasteiger partial charge on any atom is 0.141 e. The number of carbonyl (C=O) groups is 1. The van der Waals surface area contributed by atoms with Crippen molar-refractivity contribution in [2.75, 3.05) is 13.1 Å². The van der Waals surface area contributed by atoms with Crippen molar-refractivity contribution in [3.63, 3.8) is 0 Å². The molecule has 2 atom stereocenters. The molecular formula is C14H17NO. The summed E-state index contributed by atoms with van der Waals surface area (Å²) in [6.07, 6.45) is 2.24. The van der Waals surface area contributed by atoms with Crippen molar-refractivity contribution in [3.05, 3.63) is 35.9 Å². The molecule has 1 saturated carbocycles. The van der Waals surface area contributed by atoms with Crippen LogP contribution in [0.1, 0.15) is 18.4 Å². The second-order valence-electron chi connectivity index (χ2n) is 5.05. The zero-order chi connectivity index (χ0) is 11.0. The summed E-state index contributed by atoms with van der Waals surface area (Å²) in [5.41, 5.74) is 1.36. The molecule has 1 aliphatic carbocycles. The molecule has 0 radical (unpaired) electrons. The van der Waals surface area contributed by atoms with Crippen LogP contribution in [0.2, 0.25) is 0 Å². The molecule has 0 spiro atoms. The lowest BCUT2D eigenvalue weighted by molar-refractivity contribution is -0.127. The third-order valence-corrected chi connectivity index (χ3v) is 3.87. The number of Topliss-reactive ketones (excluding diaryl/α,β-unsaturated/α-hetero) is 1. The van der Waals surface area contributed by atoms with Crippen molar-refractivity contribution in [2.45, 2.75) is 19.4 Å². The van der Waals surface area contributed by atoms with Gasteiger partial charge in [0.15, 0.2) is 0 Å². The standard InChI is InChI=1S/C14H17NO/c16-14-12-6-7-13(14)10-15(9-12)8-11-4-2-1-3-5-11/h1-5,12-13H,6-10H2/t12-,13-/m0/s1. The monoisotopic (exact) mass is 215 g/mol. The summed E-state index contributed by atoms with van der Waals surface area (Å²) in [5, 5.41) is 0. The first-order chi connectivity index (χ1) is 7.83. The minimum Gasteiger partial charge on any atom is -0.299 e. The molecule has 2 fully saturated rings. The molecule has 1 aromatic rings. The van der Waals surface area contributed by atoms with Crippen molar-refractivity contribution in [2.24, 2.45) is 11.8 Å². The molecule has 2 nitrogen and oxygen atoms in total. The molecule has 2 bridgehead atoms. The fourth-order valence-electron chi connectivity index (χ4n) is 3.05. The molecule has 0 N–H and O–H groups in total. The van der Waals surface area contributed by atoms with Gasteiger partial charge in [0, 0.05) is 31.5 Å². The van der Waals surface area contributed by atoms with Crippen LogP contribution in [0.3, 0.4) is 0 Å². The first-order valence-electron chi connectivity index (χ1n) is 6.13. The van der Waals surface area contributed by atoms with Gasteiger partial charge in [-0.3, -0.25) is 9.69 Å². The summed E-state index contributed by atoms with van der Waals surface area (Å²) < 4.78 is 0. The quantitative estimate of drug-likeness (QED) is 0.753. The first-order valence-corrected chi connectivity index (χ1v) is 6.13. The van der Waals surface area contributed by atoms with E-state index in [0.29, 0.717) is 17.6 Å². The van der Waals surface area contributed by atoms with Gasteiger partial charge in [0.25, 0.3) is 0 Å². The van der Waals surface area contributed by atoms with E-state index >= 15 is 0 Å². The Bertz CT molecular complexity index is 371. The molecule has 0 amide bonds. The highest BCUT2D eigenvalue weighted by atomic mass is 16.1. The van der Waals surface area contributed by atoms with Gasteiger partial charge in [-0.15, -0.1) is 0 Å². The third-order valence-electron chi connectivity index (χ3n) is 3.87. The topological polar surface area (TPSA) is 20.3 Å². The minimum atomic E-state index is 0.336. The number of fused-ring (bicyclic) bond motifs is 2. The maximum absolute atomic E-state index is 11.8. The normalized spacial score (nSPS) is 29.6. The van der Waals surface area contributed by atoms with Crippen molar-refractivity contribution < 1.29 is 4.79 Å². The van der Waals surface area contributed by atoms with Crippen LogP contribution >= 0.6 is 0 Å². The second kappa shape index (κ2) is 4.02. The molecule has 0 aromatic heterocycles. The molecular weight excluding hydrogens is 198 g/mol. The van der Waals surface area contributed by atoms with Crippen molar-refractivity contribution >= 4 is 5.78 Å². The van der Waals surface area contributed by atoms with Crippen LogP contribution in [0.25, 0.3) is 0 Å². The zero-order valence-electron chi connectivity index (χ0n) is 9.43. The first kappa shape index (κ1) is 10.0. The molecule has 1 saturated heterocycles. The highest BCUT2D eigenvalue weighted by Crippen LogP contribution is 2.33. The van der Waals surface area contributed by atoms with E-state index < -0.39 is 0 Å². The second-order valence-corrected chi connectivity index (χ2v) is 5.05. The summed E-state index contributed by atoms with van der Waals surface area (Å²) in [7, 11) is 0. The molecule has 3 rings (SSSR count). The fourth-order valence-corrected chi connectivity index (χ4v) is 3.05. The Morgan fingerprint density at radius 2 is 1.69 bits per heavy atom. The van der Waals surface area contributed by atoms with Crippen LogP contribution in [0.15, 0.2) is 30.3 Å². The molecule has 16 heavy (non-hydrogen) atoms. The van der Waals surface area contributed by atoms with Gasteiger partial charge in [-0.2, -0.15) is 0 Å². The van der Waals surface area contributed by atoms with E-state index in [4.69, 9.17) is 0 Å². The lowest BCUT2D eigenvalue weighted by Gasteiger charge is -2.30. The Labute approximate surface area is 96.3 Å². The summed E-state index contributed by atoms with van der Waals surface area (Å²) >= 11 is 0. The van der Waals surface area contributed by atoms with Gasteiger partial charge >= 0.3 is 0 Å². The number of piperidine rings is 1. The van der Waals surface area contributed by atoms with Gasteiger partial charge in [0.1, 0.15) is 5.78 Å². The Balaban J connectivity index is 1.68. The summed E-state index contributed by atoms with van der Waals surface area (Å²) in [6, 6.07) is 10.5. The molecule has 84 valence electrons. The number of carbonyl (C=O) groups excluding carboxylic acids is 1. The van der Waals surface area contributed by atoms with Gasteiger partial charge in [-0.1, -0.05) is 30.3 Å². The summed E-state index contributed by atoms with van der Waals surface area (Å²) in [4.78, 5) is 14.2. The molecule has 1 heterocycles. The molecule has 1 aromatic carbocycles. The van der Waals surface area contributed by atoms with E-state index in [-0.39, 0.29) is 0 Å². The number of hydrogen-bond donors (Lipinski definition) is 0. The van der Waals surface area contributed by atoms with Gasteiger partial charge in [-0.25, -0.2) is 0 Å². The maximum atomic E-state index is 11.8. The SMILES string of the molecule is O=C1[C@H]2CC[C@H]1CN(Cc1ccccc1)C2. The fraction of sp³-hybridized carbons (Fsp3) is 0.500. The van der Waals surface area contributed by atoms with Gasteiger partial charge in [0.2, 0.25) is 0 Å². The van der Waals surface area contributed by atoms with E-state index in [1.165, 1.54) is 5.56 Å². The van der Waals surface area contributed by atoms with Crippen LogP contribution in [-0.2, 0) is 11.3 Å². The smallest absolute Gasteiger partial charge is 0.141 e. The summed E-state index contributed by atoms with van der Waals surface area (Å²) in [6.45, 7) is 2.95. The van der Waals surface area contributed by atoms with Crippen LogP contribution in [0, 0.1) is 11.8 Å². The van der Waals surface area contributed by atoms with E-state index in [9.17, 15) is 4.79 Å². The van der Waals surface area contributed by atoms with Crippen molar-refractivity contribution in [1.29, 1.82) is 0 Å². The molecule has 2 aliphatic rings. The Kier molecular flexibility index (Phi) is 2.52. The number of ketones is 1. The van der Waals surface area contributed by atoms with Gasteiger partial charge in [-0.05, 0) is 18.4 Å². The number of nitrogens with zero attached hydrogens (tertiary/aromatic N) is 1. The Hall–Kier alpha value is -1.15. The highest BCUT2D eigenvalue weighted by molar-refractivity contribution is 5.86. The van der Waals surface area contributed by atoms with Crippen LogP contribution in [-0.4, -0.2) is 23.8 Å². The zero-order valence-corrected chi connectivity index (χ0v) is 9.43. The van der Waals surface area contributed by atoms with E-state index in [1.807, 2.05) is 6.07 Å². The average Bonchev–Trinajstić information content (AvgIpc) is 2.54. The lowest BCUT2D eigenvalue weighted by Crippen LogP contribution is -2.41. The number of hydrogen-bond acceptors (Lipinski definition) is 2. The Morgan fingerprint density at radius 1 is 1.06 bits per heavy atom. The predicted octanol–water partition coefficient (Wildman–Crippen LogP) is 2.10. The molecule has 0 unspecified atom stereocenters. The van der Waals surface area contributed by atoms with Gasteiger partial charge < -0.3 is 0 Å². The van der Waals surface area contributed by atoms with E-state index in [1.54, 1.807) is 0 Å². The van der Waals surface area contributed by atoms with E-state index in [2.05, 4.69) is 29.2 Å². The Morgan fingerprint density at radius 3 is 2.31 bits per heavy atom. The third kappa shape index (κ3) is 1.78. The number of benzene rings is 1. The predicted molar refractivity (Wildman–Crippen MR) is 62.9 cm³/mol. The van der Waals surface area contributed by atoms with Crippen LogP contribution in [0.5, 0.6) is 0 Å². The van der Waals surface area contributed by atoms with Crippen molar-refractivity contribution in [3.8, 4) is 0 Å². The van der Waals surface area contributed by atoms with Crippen LogP contribution < -0.4 is 0 Å². The summed E-state index contributed by atoms with van der Waals surface area (Å²) in [5.74, 6) is 1.20. The van der Waals surface area contributed by atoms with E-state index in [0.717, 1.165) is 32.5 Å². The van der Waals surface area contributed by atoms with Crippen molar-refractivity contribution in [1.82, 2.24) is 4.90 Å². The number of likely N-dealkylation sites (tertiary alicyclic amines) is 1. The van der Waals surface area contributed by atoms with Gasteiger partial charge in [0.05, 0.1) is 0 Å². The lowest BCUT2D eigenvalue weighted by atomic mass is 9.96. The molecule has 2 heteroatoms. The average molecular weight is 215 g/mol. The largest absolute Gasteiger partial charge is 0.299 e. The highest BCUT2D eigenvalue weighted by Gasteiger charge is 2.40.